The van der Waals surface area contributed by atoms with E-state index >= 15 is 0 Å². The van der Waals surface area contributed by atoms with Gasteiger partial charge < -0.3 is 23.7 Å². The number of aromatic nitrogens is 1. The fourth-order valence-corrected chi connectivity index (χ4v) is 6.82. The zero-order valence-corrected chi connectivity index (χ0v) is 28.9. The number of ether oxygens (including phenoxy) is 5. The Morgan fingerprint density at radius 1 is 1.06 bits per heavy atom. The van der Waals surface area contributed by atoms with Gasteiger partial charge in [0.25, 0.3) is 0 Å². The lowest BCUT2D eigenvalue weighted by Gasteiger charge is -2.35. The molecule has 13 heteroatoms. The van der Waals surface area contributed by atoms with Gasteiger partial charge in [-0.25, -0.2) is 24.0 Å². The summed E-state index contributed by atoms with van der Waals surface area (Å²) in [6, 6.07) is 16.4. The van der Waals surface area contributed by atoms with Crippen molar-refractivity contribution in [2.75, 3.05) is 19.8 Å². The van der Waals surface area contributed by atoms with Gasteiger partial charge in [0.15, 0.2) is 6.29 Å². The average Bonchev–Trinajstić information content (AvgIpc) is 3.72. The molecule has 3 fully saturated rings. The van der Waals surface area contributed by atoms with Gasteiger partial charge in [-0.1, -0.05) is 42.5 Å². The van der Waals surface area contributed by atoms with Crippen LogP contribution >= 0.6 is 0 Å². The number of carbonyl (C=O) groups is 2. The molecule has 3 saturated heterocycles. The van der Waals surface area contributed by atoms with E-state index < -0.39 is 59.8 Å². The van der Waals surface area contributed by atoms with Crippen LogP contribution in [0.4, 0.5) is 18.4 Å². The minimum Gasteiger partial charge on any atom is -0.444 e. The summed E-state index contributed by atoms with van der Waals surface area (Å²) in [5.74, 6) is -1.07. The van der Waals surface area contributed by atoms with Gasteiger partial charge in [-0.15, -0.1) is 0 Å². The lowest BCUT2D eigenvalue weighted by molar-refractivity contribution is -0.0909. The molecule has 6 rings (SSSR count). The van der Waals surface area contributed by atoms with E-state index in [1.54, 1.807) is 87.0 Å². The van der Waals surface area contributed by atoms with Crippen LogP contribution in [0.5, 0.6) is 0 Å². The van der Waals surface area contributed by atoms with E-state index in [1.165, 1.54) is 12.3 Å². The Bertz CT molecular complexity index is 1670. The van der Waals surface area contributed by atoms with Crippen LogP contribution < -0.4 is 5.43 Å². The minimum absolute atomic E-state index is 0.0110. The molecule has 5 atom stereocenters. The van der Waals surface area contributed by atoms with Crippen LogP contribution in [0.3, 0.4) is 0 Å². The fourth-order valence-electron chi connectivity index (χ4n) is 6.82. The van der Waals surface area contributed by atoms with Crippen molar-refractivity contribution in [3.05, 3.63) is 89.8 Å². The molecule has 11 nitrogen and oxygen atoms in total. The lowest BCUT2D eigenvalue weighted by Crippen LogP contribution is -2.53. The van der Waals surface area contributed by atoms with E-state index in [9.17, 15) is 18.4 Å². The summed E-state index contributed by atoms with van der Waals surface area (Å²) >= 11 is 0. The molecule has 2 aromatic carbocycles. The molecule has 0 bridgehead atoms. The second-order valence-electron chi connectivity index (χ2n) is 14.3. The van der Waals surface area contributed by atoms with Gasteiger partial charge >= 0.3 is 12.2 Å². The molecule has 3 aromatic rings. The third-order valence-electron chi connectivity index (χ3n) is 9.05. The third kappa shape index (κ3) is 8.23. The van der Waals surface area contributed by atoms with E-state index in [-0.39, 0.29) is 25.6 Å². The van der Waals surface area contributed by atoms with Crippen molar-refractivity contribution in [2.24, 2.45) is 5.92 Å². The van der Waals surface area contributed by atoms with Crippen molar-refractivity contribution in [1.82, 2.24) is 20.3 Å². The number of rotatable bonds is 9. The summed E-state index contributed by atoms with van der Waals surface area (Å²) in [6.07, 6.45) is -0.400. The number of nitrogens with zero attached hydrogens (tertiary/aromatic N) is 3. The highest BCUT2D eigenvalue weighted by atomic mass is 19.1. The smallest absolute Gasteiger partial charge is 0.422 e. The summed E-state index contributed by atoms with van der Waals surface area (Å²) in [6.45, 7) is 9.73. The molecule has 0 saturated carbocycles. The van der Waals surface area contributed by atoms with Gasteiger partial charge in [0.1, 0.15) is 23.2 Å². The number of hydrazine groups is 1. The number of carbonyl (C=O) groups excluding carboxylic acids is 2. The van der Waals surface area contributed by atoms with Crippen molar-refractivity contribution in [2.45, 2.75) is 89.9 Å². The largest absolute Gasteiger partial charge is 0.444 e. The predicted octanol–water partition coefficient (Wildman–Crippen LogP) is 6.21. The maximum atomic E-state index is 14.9. The average molecular weight is 695 g/mol. The van der Waals surface area contributed by atoms with E-state index in [0.717, 1.165) is 5.56 Å². The first-order valence-corrected chi connectivity index (χ1v) is 16.9. The van der Waals surface area contributed by atoms with E-state index in [2.05, 4.69) is 10.4 Å². The van der Waals surface area contributed by atoms with Gasteiger partial charge in [0.2, 0.25) is 5.95 Å². The Labute approximate surface area is 290 Å². The van der Waals surface area contributed by atoms with Crippen LogP contribution in [-0.2, 0) is 36.6 Å². The number of nitrogens with one attached hydrogen (secondary N) is 1. The number of hydrogen-bond acceptors (Lipinski definition) is 9. The molecular weight excluding hydrogens is 650 g/mol. The molecule has 2 amide bonds. The maximum Gasteiger partial charge on any atom is 0.422 e. The van der Waals surface area contributed by atoms with Crippen LogP contribution in [0, 0.1) is 17.7 Å². The monoisotopic (exact) mass is 694 g/mol. The topological polar surface area (TPSA) is 112 Å². The first kappa shape index (κ1) is 35.6. The minimum atomic E-state index is -1.11. The van der Waals surface area contributed by atoms with Crippen LogP contribution in [0.1, 0.15) is 52.2 Å². The molecular formula is C37H44F2N4O7. The zero-order chi connectivity index (χ0) is 35.6. The van der Waals surface area contributed by atoms with E-state index in [1.807, 2.05) is 12.1 Å². The van der Waals surface area contributed by atoms with Crippen LogP contribution in [-0.4, -0.2) is 82.7 Å². The first-order chi connectivity index (χ1) is 23.8. The molecule has 1 aromatic heterocycles. The Kier molecular flexibility index (Phi) is 10.4. The summed E-state index contributed by atoms with van der Waals surface area (Å²) < 4.78 is 58.7. The second-order valence-corrected chi connectivity index (χ2v) is 14.3. The van der Waals surface area contributed by atoms with Gasteiger partial charge in [0, 0.05) is 30.4 Å². The molecule has 0 spiro atoms. The van der Waals surface area contributed by atoms with Crippen LogP contribution in [0.25, 0.3) is 11.1 Å². The molecule has 0 unspecified atom stereocenters. The van der Waals surface area contributed by atoms with Crippen molar-refractivity contribution in [1.29, 1.82) is 0 Å². The van der Waals surface area contributed by atoms with E-state index in [0.29, 0.717) is 36.1 Å². The molecule has 3 aliphatic heterocycles. The van der Waals surface area contributed by atoms with Crippen molar-refractivity contribution >= 4 is 12.2 Å². The normalized spacial score (nSPS) is 24.3. The third-order valence-corrected chi connectivity index (χ3v) is 9.05. The zero-order valence-electron chi connectivity index (χ0n) is 28.9. The Morgan fingerprint density at radius 2 is 1.82 bits per heavy atom. The number of amides is 2. The highest BCUT2D eigenvalue weighted by Crippen LogP contribution is 2.37. The fraction of sp³-hybridized carbons (Fsp3) is 0.486. The van der Waals surface area contributed by atoms with Gasteiger partial charge in [0.05, 0.1) is 31.3 Å². The molecule has 268 valence electrons. The molecule has 1 N–H and O–H groups in total. The first-order valence-electron chi connectivity index (χ1n) is 16.9. The molecule has 4 heterocycles. The van der Waals surface area contributed by atoms with Crippen molar-refractivity contribution in [3.8, 4) is 11.1 Å². The molecule has 0 aliphatic carbocycles. The van der Waals surface area contributed by atoms with Gasteiger partial charge in [-0.3, -0.25) is 10.3 Å². The highest BCUT2D eigenvalue weighted by molar-refractivity contribution is 5.70. The standard InChI is InChI=1S/C37H44F2N4O7/c1-36(2,3)50-35(45)43-29(19-23-12-14-24(15-13-23)26-10-8-17-40-32(26)39)30(49-37(43,4)5)21-42(20-25-9-6-7-11-28(25)38)41-34(44)48-31-22-47-33-27(31)16-18-46-33/h6-15,17,27,29-31,33H,16,18-22H2,1-5H3,(H,41,44)/t27-,29-,30-,31-,33+/m0/s1. The number of fused-ring (bicyclic) bond motifs is 1. The lowest BCUT2D eigenvalue weighted by atomic mass is 9.97. The molecule has 0 radical (unpaired) electrons. The SMILES string of the molecule is CC(C)(C)OC(=O)N1[C@@H](Cc2ccc(-c3cccnc3F)cc2)[C@H](CN(Cc2ccccc2F)NC(=O)O[C@H]2CO[C@H]3OCC[C@H]32)OC1(C)C. The molecule has 3 aliphatic rings. The maximum absolute atomic E-state index is 14.9. The van der Waals surface area contributed by atoms with Gasteiger partial charge in [-0.2, -0.15) is 4.39 Å². The highest BCUT2D eigenvalue weighted by Gasteiger charge is 2.52. The number of benzene rings is 2. The summed E-state index contributed by atoms with van der Waals surface area (Å²) in [5, 5.41) is 1.54. The van der Waals surface area contributed by atoms with Crippen LogP contribution in [0.2, 0.25) is 0 Å². The van der Waals surface area contributed by atoms with Gasteiger partial charge in [-0.05, 0) is 76.8 Å². The summed E-state index contributed by atoms with van der Waals surface area (Å²) in [5.41, 5.74) is 3.14. The number of pyridine rings is 1. The van der Waals surface area contributed by atoms with Crippen LogP contribution in [0.15, 0.2) is 66.9 Å². The second kappa shape index (κ2) is 14.6. The summed E-state index contributed by atoms with van der Waals surface area (Å²) in [4.78, 5) is 32.4. The van der Waals surface area contributed by atoms with Crippen molar-refractivity contribution < 1.29 is 42.1 Å². The Balaban J connectivity index is 1.27. The Morgan fingerprint density at radius 3 is 2.54 bits per heavy atom. The molecule has 50 heavy (non-hydrogen) atoms. The summed E-state index contributed by atoms with van der Waals surface area (Å²) in [7, 11) is 0. The quantitative estimate of drug-likeness (QED) is 0.206. The number of halogens is 2. The van der Waals surface area contributed by atoms with E-state index in [4.69, 9.17) is 23.7 Å². The van der Waals surface area contributed by atoms with Crippen molar-refractivity contribution in [3.63, 3.8) is 0 Å². The predicted molar refractivity (Wildman–Crippen MR) is 178 cm³/mol. The number of hydrogen-bond donors (Lipinski definition) is 1. The Hall–Kier alpha value is -4.17.